The van der Waals surface area contributed by atoms with E-state index in [1.807, 2.05) is 42.2 Å². The first kappa shape index (κ1) is 15.5. The molecule has 0 saturated carbocycles. The van der Waals surface area contributed by atoms with Crippen LogP contribution in [0.1, 0.15) is 35.6 Å². The van der Waals surface area contributed by atoms with Crippen molar-refractivity contribution < 1.29 is 9.32 Å². The van der Waals surface area contributed by atoms with Gasteiger partial charge in [-0.25, -0.2) is 4.68 Å². The fourth-order valence-corrected chi connectivity index (χ4v) is 2.96. The Morgan fingerprint density at radius 1 is 1.32 bits per heavy atom. The van der Waals surface area contributed by atoms with E-state index in [0.717, 1.165) is 6.42 Å². The number of carbonyl (C=O) groups excluding carboxylic acids is 1. The molecule has 1 aliphatic heterocycles. The monoisotopic (exact) mass is 338 g/mol. The highest BCUT2D eigenvalue weighted by molar-refractivity contribution is 5.94. The minimum Gasteiger partial charge on any atom is -0.336 e. The second-order valence-electron chi connectivity index (χ2n) is 6.01. The van der Waals surface area contributed by atoms with Gasteiger partial charge in [-0.2, -0.15) is 4.98 Å². The second-order valence-corrected chi connectivity index (χ2v) is 6.01. The fraction of sp³-hybridized carbons (Fsp3) is 0.353. The molecule has 1 aromatic carbocycles. The van der Waals surface area contributed by atoms with Gasteiger partial charge < -0.3 is 9.42 Å². The maximum Gasteiger partial charge on any atom is 0.280 e. The summed E-state index contributed by atoms with van der Waals surface area (Å²) in [4.78, 5) is 18.6. The Hall–Kier alpha value is -3.03. The average Bonchev–Trinajstić information content (AvgIpc) is 3.40. The molecule has 0 radical (unpaired) electrons. The lowest BCUT2D eigenvalue weighted by Gasteiger charge is -2.16. The third kappa shape index (κ3) is 3.02. The number of nitrogens with zero attached hydrogens (tertiary/aromatic N) is 6. The van der Waals surface area contributed by atoms with Crippen LogP contribution in [0.2, 0.25) is 0 Å². The number of hydrogen-bond donors (Lipinski definition) is 0. The Morgan fingerprint density at radius 2 is 2.16 bits per heavy atom. The Labute approximate surface area is 144 Å². The van der Waals surface area contributed by atoms with Crippen LogP contribution >= 0.6 is 0 Å². The zero-order valence-electron chi connectivity index (χ0n) is 13.9. The van der Waals surface area contributed by atoms with Gasteiger partial charge in [-0.05, 0) is 18.6 Å². The second kappa shape index (κ2) is 6.46. The first-order chi connectivity index (χ1) is 12.2. The van der Waals surface area contributed by atoms with Crippen molar-refractivity contribution >= 4 is 5.91 Å². The molecule has 1 amide bonds. The molecule has 0 unspecified atom stereocenters. The van der Waals surface area contributed by atoms with Crippen LogP contribution in [0.5, 0.6) is 0 Å². The lowest BCUT2D eigenvalue weighted by atomic mass is 10.2. The lowest BCUT2D eigenvalue weighted by Crippen LogP contribution is -2.29. The molecule has 8 nitrogen and oxygen atoms in total. The van der Waals surface area contributed by atoms with Crippen molar-refractivity contribution in [1.29, 1.82) is 0 Å². The first-order valence-electron chi connectivity index (χ1n) is 8.33. The lowest BCUT2D eigenvalue weighted by molar-refractivity contribution is 0.0787. The molecule has 1 saturated heterocycles. The van der Waals surface area contributed by atoms with Gasteiger partial charge in [0.05, 0.1) is 12.2 Å². The first-order valence-corrected chi connectivity index (χ1v) is 8.33. The number of aromatic nitrogens is 5. The van der Waals surface area contributed by atoms with Gasteiger partial charge in [0.25, 0.3) is 11.8 Å². The standard InChI is InChI=1S/C17H18N6O2/c1-2-15-18-16(25-20-15)14-11-23(21-19-14)13-8-9-22(10-13)17(24)12-6-4-3-5-7-12/h3-7,11,13H,2,8-10H2,1H3/t13-/m0/s1. The summed E-state index contributed by atoms with van der Waals surface area (Å²) >= 11 is 0. The zero-order valence-corrected chi connectivity index (χ0v) is 13.9. The summed E-state index contributed by atoms with van der Waals surface area (Å²) in [5, 5.41) is 12.2. The number of amides is 1. The Kier molecular flexibility index (Phi) is 4.01. The number of aryl methyl sites for hydroxylation is 1. The molecule has 1 aliphatic rings. The van der Waals surface area contributed by atoms with Gasteiger partial charge in [-0.3, -0.25) is 4.79 Å². The number of rotatable bonds is 4. The largest absolute Gasteiger partial charge is 0.336 e. The number of benzene rings is 1. The molecule has 1 atom stereocenters. The molecule has 3 heterocycles. The fourth-order valence-electron chi connectivity index (χ4n) is 2.96. The molecular formula is C17H18N6O2. The molecule has 0 spiro atoms. The van der Waals surface area contributed by atoms with Crippen LogP contribution < -0.4 is 0 Å². The van der Waals surface area contributed by atoms with E-state index in [-0.39, 0.29) is 11.9 Å². The molecule has 2 aromatic heterocycles. The van der Waals surface area contributed by atoms with E-state index in [1.165, 1.54) is 0 Å². The Balaban J connectivity index is 1.46. The molecule has 25 heavy (non-hydrogen) atoms. The predicted molar refractivity (Wildman–Crippen MR) is 88.7 cm³/mol. The summed E-state index contributed by atoms with van der Waals surface area (Å²) < 4.78 is 6.97. The van der Waals surface area contributed by atoms with E-state index in [0.29, 0.717) is 42.5 Å². The number of carbonyl (C=O) groups is 1. The van der Waals surface area contributed by atoms with Crippen LogP contribution in [-0.2, 0) is 6.42 Å². The van der Waals surface area contributed by atoms with Gasteiger partial charge in [-0.15, -0.1) is 5.10 Å². The van der Waals surface area contributed by atoms with Crippen LogP contribution in [0.15, 0.2) is 41.1 Å². The predicted octanol–water partition coefficient (Wildman–Crippen LogP) is 1.98. The molecule has 0 bridgehead atoms. The van der Waals surface area contributed by atoms with Crippen molar-refractivity contribution in [3.63, 3.8) is 0 Å². The van der Waals surface area contributed by atoms with Crippen molar-refractivity contribution in [3.05, 3.63) is 47.9 Å². The summed E-state index contributed by atoms with van der Waals surface area (Å²) in [5.41, 5.74) is 1.26. The van der Waals surface area contributed by atoms with Crippen LogP contribution in [0, 0.1) is 0 Å². The molecular weight excluding hydrogens is 320 g/mol. The van der Waals surface area contributed by atoms with Gasteiger partial charge >= 0.3 is 0 Å². The number of likely N-dealkylation sites (tertiary alicyclic amines) is 1. The van der Waals surface area contributed by atoms with Gasteiger partial charge in [-0.1, -0.05) is 35.5 Å². The van der Waals surface area contributed by atoms with E-state index in [4.69, 9.17) is 4.52 Å². The summed E-state index contributed by atoms with van der Waals surface area (Å²) in [5.74, 6) is 1.07. The summed E-state index contributed by atoms with van der Waals surface area (Å²) in [6.07, 6.45) is 3.34. The third-order valence-electron chi connectivity index (χ3n) is 4.36. The highest BCUT2D eigenvalue weighted by Gasteiger charge is 2.29. The molecule has 3 aromatic rings. The smallest absolute Gasteiger partial charge is 0.280 e. The van der Waals surface area contributed by atoms with Crippen LogP contribution in [0.4, 0.5) is 0 Å². The van der Waals surface area contributed by atoms with Crippen LogP contribution in [0.3, 0.4) is 0 Å². The topological polar surface area (TPSA) is 89.9 Å². The van der Waals surface area contributed by atoms with Gasteiger partial charge in [0, 0.05) is 25.1 Å². The SMILES string of the molecule is CCc1noc(-c2cn([C@H]3CCN(C(=O)c4ccccc4)C3)nn2)n1. The van der Waals surface area contributed by atoms with Crippen molar-refractivity contribution in [1.82, 2.24) is 30.0 Å². The molecule has 4 rings (SSSR count). The van der Waals surface area contributed by atoms with E-state index in [9.17, 15) is 4.79 Å². The zero-order chi connectivity index (χ0) is 17.2. The van der Waals surface area contributed by atoms with Gasteiger partial charge in [0.2, 0.25) is 0 Å². The summed E-state index contributed by atoms with van der Waals surface area (Å²) in [6, 6.07) is 9.43. The third-order valence-corrected chi connectivity index (χ3v) is 4.36. The van der Waals surface area contributed by atoms with E-state index in [2.05, 4.69) is 20.5 Å². The minimum atomic E-state index is 0.0490. The van der Waals surface area contributed by atoms with Crippen molar-refractivity contribution in [2.45, 2.75) is 25.8 Å². The molecule has 128 valence electrons. The molecule has 1 fully saturated rings. The molecule has 8 heteroatoms. The van der Waals surface area contributed by atoms with Gasteiger partial charge in [0.1, 0.15) is 0 Å². The molecule has 0 aliphatic carbocycles. The highest BCUT2D eigenvalue weighted by Crippen LogP contribution is 2.24. The Morgan fingerprint density at radius 3 is 2.92 bits per heavy atom. The van der Waals surface area contributed by atoms with Gasteiger partial charge in [0.15, 0.2) is 11.5 Å². The van der Waals surface area contributed by atoms with Crippen molar-refractivity contribution in [3.8, 4) is 11.6 Å². The van der Waals surface area contributed by atoms with E-state index in [1.54, 1.807) is 10.9 Å². The normalized spacial score (nSPS) is 17.2. The summed E-state index contributed by atoms with van der Waals surface area (Å²) in [6.45, 7) is 3.27. The maximum absolute atomic E-state index is 12.5. The van der Waals surface area contributed by atoms with Crippen molar-refractivity contribution in [2.75, 3.05) is 13.1 Å². The van der Waals surface area contributed by atoms with Crippen LogP contribution in [0.25, 0.3) is 11.6 Å². The number of hydrogen-bond acceptors (Lipinski definition) is 6. The Bertz CT molecular complexity index is 872. The van der Waals surface area contributed by atoms with Crippen LogP contribution in [-0.4, -0.2) is 49.0 Å². The maximum atomic E-state index is 12.5. The average molecular weight is 338 g/mol. The van der Waals surface area contributed by atoms with E-state index < -0.39 is 0 Å². The molecule has 0 N–H and O–H groups in total. The van der Waals surface area contributed by atoms with E-state index >= 15 is 0 Å². The highest BCUT2D eigenvalue weighted by atomic mass is 16.5. The minimum absolute atomic E-state index is 0.0490. The van der Waals surface area contributed by atoms with Crippen molar-refractivity contribution in [2.24, 2.45) is 0 Å². The summed E-state index contributed by atoms with van der Waals surface area (Å²) in [7, 11) is 0. The quantitative estimate of drug-likeness (QED) is 0.722.